The van der Waals surface area contributed by atoms with E-state index in [1.54, 1.807) is 18.2 Å². The number of benzene rings is 2. The quantitative estimate of drug-likeness (QED) is 0.868. The molecule has 6 nitrogen and oxygen atoms in total. The third-order valence-electron chi connectivity index (χ3n) is 4.24. The van der Waals surface area contributed by atoms with Crippen LogP contribution in [0.2, 0.25) is 0 Å². The lowest BCUT2D eigenvalue weighted by molar-refractivity contribution is -0.141. The van der Waals surface area contributed by atoms with Crippen molar-refractivity contribution in [2.45, 2.75) is 11.4 Å². The third kappa shape index (κ3) is 3.35. The summed E-state index contributed by atoms with van der Waals surface area (Å²) in [4.78, 5) is 26.3. The number of carboxylic acid groups (broad SMARTS) is 1. The van der Waals surface area contributed by atoms with Crippen LogP contribution in [0.4, 0.5) is 0 Å². The molecule has 0 aliphatic carbocycles. The average Bonchev–Trinajstić information content (AvgIpc) is 3.13. The fourth-order valence-corrected chi connectivity index (χ4v) is 4.36. The molecule has 3 rings (SSSR count). The van der Waals surface area contributed by atoms with Gasteiger partial charge in [-0.2, -0.15) is 0 Å². The molecule has 2 aromatic carbocycles. The number of amides is 1. The van der Waals surface area contributed by atoms with E-state index in [-0.39, 0.29) is 11.3 Å². The summed E-state index contributed by atoms with van der Waals surface area (Å²) < 4.78 is 10.5. The molecule has 0 bridgehead atoms. The first kappa shape index (κ1) is 18.1. The number of thioether (sulfide) groups is 1. The van der Waals surface area contributed by atoms with Crippen molar-refractivity contribution in [2.24, 2.45) is 0 Å². The summed E-state index contributed by atoms with van der Waals surface area (Å²) in [5.74, 6) is -0.0852. The Labute approximate surface area is 155 Å². The fraction of sp³-hybridized carbons (Fsp3) is 0.263. The number of carbonyl (C=O) groups excluding carboxylic acids is 1. The van der Waals surface area contributed by atoms with Crippen molar-refractivity contribution >= 4 is 23.6 Å². The molecule has 0 saturated carbocycles. The molecule has 1 aliphatic rings. The zero-order chi connectivity index (χ0) is 18.7. The highest BCUT2D eigenvalue weighted by molar-refractivity contribution is 7.99. The number of methoxy groups -OCH3 is 2. The van der Waals surface area contributed by atoms with Gasteiger partial charge in [0.25, 0.3) is 5.91 Å². The van der Waals surface area contributed by atoms with Gasteiger partial charge in [0.1, 0.15) is 11.4 Å². The van der Waals surface area contributed by atoms with Gasteiger partial charge in [-0.1, -0.05) is 30.3 Å². The van der Waals surface area contributed by atoms with Crippen LogP contribution in [-0.2, 0) is 4.79 Å². The van der Waals surface area contributed by atoms with E-state index in [1.807, 2.05) is 30.3 Å². The SMILES string of the molecule is COc1ccc(C(=O)N2[C@@H](c3ccccc3)SC[C@H]2C(=O)O)cc1OC. The summed E-state index contributed by atoms with van der Waals surface area (Å²) in [5, 5.41) is 9.23. The van der Waals surface area contributed by atoms with Crippen LogP contribution in [0, 0.1) is 0 Å². The summed E-state index contributed by atoms with van der Waals surface area (Å²) in [5.41, 5.74) is 1.26. The van der Waals surface area contributed by atoms with Gasteiger partial charge in [0.15, 0.2) is 11.5 Å². The van der Waals surface area contributed by atoms with Gasteiger partial charge in [-0.05, 0) is 23.8 Å². The van der Waals surface area contributed by atoms with Gasteiger partial charge in [0.05, 0.1) is 14.2 Å². The van der Waals surface area contributed by atoms with Crippen LogP contribution in [-0.4, -0.2) is 47.9 Å². The second kappa shape index (κ2) is 7.70. The van der Waals surface area contributed by atoms with Gasteiger partial charge in [-0.3, -0.25) is 4.79 Å². The molecule has 0 radical (unpaired) electrons. The maximum atomic E-state index is 13.2. The molecule has 1 saturated heterocycles. The minimum Gasteiger partial charge on any atom is -0.493 e. The third-order valence-corrected chi connectivity index (χ3v) is 5.56. The molecule has 1 N–H and O–H groups in total. The normalized spacial score (nSPS) is 19.2. The maximum absolute atomic E-state index is 13.2. The van der Waals surface area contributed by atoms with E-state index in [0.29, 0.717) is 22.8 Å². The zero-order valence-corrected chi connectivity index (χ0v) is 15.2. The van der Waals surface area contributed by atoms with Gasteiger partial charge >= 0.3 is 5.97 Å². The molecule has 1 aliphatic heterocycles. The van der Waals surface area contributed by atoms with Crippen molar-refractivity contribution in [1.29, 1.82) is 0 Å². The van der Waals surface area contributed by atoms with E-state index < -0.39 is 12.0 Å². The minimum atomic E-state index is -1.01. The highest BCUT2D eigenvalue weighted by Crippen LogP contribution is 2.42. The molecule has 0 spiro atoms. The lowest BCUT2D eigenvalue weighted by Gasteiger charge is -2.28. The molecule has 0 aromatic heterocycles. The summed E-state index contributed by atoms with van der Waals surface area (Å²) in [6.07, 6.45) is 0. The molecule has 1 fully saturated rings. The maximum Gasteiger partial charge on any atom is 0.327 e. The first-order valence-electron chi connectivity index (χ1n) is 8.01. The van der Waals surface area contributed by atoms with Crippen LogP contribution < -0.4 is 9.47 Å². The van der Waals surface area contributed by atoms with Crippen LogP contribution in [0.15, 0.2) is 48.5 Å². The van der Waals surface area contributed by atoms with Gasteiger partial charge in [-0.25, -0.2) is 4.79 Å². The van der Waals surface area contributed by atoms with Crippen LogP contribution in [0.3, 0.4) is 0 Å². The second-order valence-corrected chi connectivity index (χ2v) is 6.85. The largest absolute Gasteiger partial charge is 0.493 e. The summed E-state index contributed by atoms with van der Waals surface area (Å²) in [6.45, 7) is 0. The van der Waals surface area contributed by atoms with E-state index in [1.165, 1.54) is 30.9 Å². The predicted molar refractivity (Wildman–Crippen MR) is 98.8 cm³/mol. The number of aliphatic carboxylic acids is 1. The molecular formula is C19H19NO5S. The lowest BCUT2D eigenvalue weighted by atomic mass is 10.1. The Morgan fingerprint density at radius 1 is 1.08 bits per heavy atom. The Morgan fingerprint density at radius 3 is 2.38 bits per heavy atom. The van der Waals surface area contributed by atoms with E-state index in [2.05, 4.69) is 0 Å². The summed E-state index contributed by atoms with van der Waals surface area (Å²) >= 11 is 1.45. The van der Waals surface area contributed by atoms with Gasteiger partial charge < -0.3 is 19.5 Å². The monoisotopic (exact) mass is 373 g/mol. The minimum absolute atomic E-state index is 0.341. The zero-order valence-electron chi connectivity index (χ0n) is 14.4. The summed E-state index contributed by atoms with van der Waals surface area (Å²) in [6, 6.07) is 13.4. The van der Waals surface area contributed by atoms with Crippen molar-refractivity contribution in [3.63, 3.8) is 0 Å². The van der Waals surface area contributed by atoms with Crippen molar-refractivity contribution in [3.8, 4) is 11.5 Å². The van der Waals surface area contributed by atoms with E-state index >= 15 is 0 Å². The highest BCUT2D eigenvalue weighted by atomic mass is 32.2. The average molecular weight is 373 g/mol. The van der Waals surface area contributed by atoms with Crippen molar-refractivity contribution in [3.05, 3.63) is 59.7 Å². The number of hydrogen-bond donors (Lipinski definition) is 1. The standard InChI is InChI=1S/C19H19NO5S/c1-24-15-9-8-13(10-16(15)25-2)17(21)20-14(19(22)23)11-26-18(20)12-6-4-3-5-7-12/h3-10,14,18H,11H2,1-2H3,(H,22,23)/t14-,18+/m0/s1. The van der Waals surface area contributed by atoms with Crippen LogP contribution >= 0.6 is 11.8 Å². The van der Waals surface area contributed by atoms with Crippen molar-refractivity contribution in [1.82, 2.24) is 4.90 Å². The Kier molecular flexibility index (Phi) is 5.37. The van der Waals surface area contributed by atoms with Crippen molar-refractivity contribution < 1.29 is 24.2 Å². The number of hydrogen-bond acceptors (Lipinski definition) is 5. The highest BCUT2D eigenvalue weighted by Gasteiger charge is 2.42. The number of ether oxygens (including phenoxy) is 2. The van der Waals surface area contributed by atoms with Gasteiger partial charge in [0, 0.05) is 11.3 Å². The topological polar surface area (TPSA) is 76.1 Å². The first-order valence-corrected chi connectivity index (χ1v) is 9.05. The molecule has 1 amide bonds. The smallest absolute Gasteiger partial charge is 0.327 e. The molecule has 7 heteroatoms. The molecule has 2 aromatic rings. The number of nitrogens with zero attached hydrogens (tertiary/aromatic N) is 1. The molecule has 1 heterocycles. The van der Waals surface area contributed by atoms with E-state index in [9.17, 15) is 14.7 Å². The number of rotatable bonds is 5. The predicted octanol–water partition coefficient (Wildman–Crippen LogP) is 3.04. The Hall–Kier alpha value is -2.67. The molecule has 0 unspecified atom stereocenters. The molecular weight excluding hydrogens is 354 g/mol. The first-order chi connectivity index (χ1) is 12.6. The number of carboxylic acids is 1. The number of carbonyl (C=O) groups is 2. The Morgan fingerprint density at radius 2 is 1.77 bits per heavy atom. The van der Waals surface area contributed by atoms with Crippen LogP contribution in [0.25, 0.3) is 0 Å². The molecule has 2 atom stereocenters. The van der Waals surface area contributed by atoms with Crippen LogP contribution in [0.1, 0.15) is 21.3 Å². The summed E-state index contributed by atoms with van der Waals surface area (Å²) in [7, 11) is 3.01. The second-order valence-electron chi connectivity index (χ2n) is 5.73. The van der Waals surface area contributed by atoms with Crippen LogP contribution in [0.5, 0.6) is 11.5 Å². The van der Waals surface area contributed by atoms with Gasteiger partial charge in [-0.15, -0.1) is 11.8 Å². The fourth-order valence-electron chi connectivity index (χ4n) is 2.94. The Balaban J connectivity index is 1.99. The van der Waals surface area contributed by atoms with Gasteiger partial charge in [0.2, 0.25) is 0 Å². The lowest BCUT2D eigenvalue weighted by Crippen LogP contribution is -2.42. The van der Waals surface area contributed by atoms with Crippen molar-refractivity contribution in [2.75, 3.05) is 20.0 Å². The Bertz CT molecular complexity index is 811. The molecule has 26 heavy (non-hydrogen) atoms. The molecule has 136 valence electrons. The van der Waals surface area contributed by atoms with E-state index in [0.717, 1.165) is 5.56 Å². The van der Waals surface area contributed by atoms with E-state index in [4.69, 9.17) is 9.47 Å².